The molecule has 2 aliphatic carbocycles. The van der Waals surface area contributed by atoms with Crippen LogP contribution in [-0.2, 0) is 15.0 Å². The van der Waals surface area contributed by atoms with Crippen LogP contribution in [0.5, 0.6) is 0 Å². The second-order valence-electron chi connectivity index (χ2n) is 9.31. The van der Waals surface area contributed by atoms with E-state index in [2.05, 4.69) is 16.5 Å². The van der Waals surface area contributed by atoms with Gasteiger partial charge < -0.3 is 5.11 Å². The van der Waals surface area contributed by atoms with Gasteiger partial charge in [-0.05, 0) is 43.1 Å². The van der Waals surface area contributed by atoms with E-state index < -0.39 is 21.7 Å². The number of hydrogen-bond donors (Lipinski definition) is 2. The highest BCUT2D eigenvalue weighted by Gasteiger charge is 2.70. The Morgan fingerprint density at radius 2 is 1.63 bits per heavy atom. The molecular formula is C22H33N3O4S. The maximum atomic E-state index is 13.1. The highest BCUT2D eigenvalue weighted by atomic mass is 32.2. The Morgan fingerprint density at radius 3 is 2.20 bits per heavy atom. The monoisotopic (exact) mass is 435 g/mol. The van der Waals surface area contributed by atoms with Crippen molar-refractivity contribution < 1.29 is 18.3 Å². The summed E-state index contributed by atoms with van der Waals surface area (Å²) in [5, 5.41) is 9.95. The SMILES string of the molecule is CC1CCC(N2CCN(S(=O)(=O)N[C@@]3(C(=O)O)[C@H](C)[C@@H]3c3ccccc3)CC2)CC1. The van der Waals surface area contributed by atoms with Crippen molar-refractivity contribution in [2.75, 3.05) is 26.2 Å². The van der Waals surface area contributed by atoms with Crippen LogP contribution in [0.3, 0.4) is 0 Å². The fraction of sp³-hybridized carbons (Fsp3) is 0.682. The number of aliphatic carboxylic acids is 1. The fourth-order valence-electron chi connectivity index (χ4n) is 5.50. The Morgan fingerprint density at radius 1 is 1.03 bits per heavy atom. The molecule has 1 heterocycles. The first kappa shape index (κ1) is 21.7. The van der Waals surface area contributed by atoms with Crippen LogP contribution < -0.4 is 4.72 Å². The first-order valence-corrected chi connectivity index (χ1v) is 12.5. The van der Waals surface area contributed by atoms with Crippen LogP contribution in [-0.4, -0.2) is 66.5 Å². The smallest absolute Gasteiger partial charge is 0.325 e. The first-order valence-electron chi connectivity index (χ1n) is 11.1. The predicted molar refractivity (Wildman–Crippen MR) is 115 cm³/mol. The molecule has 8 heteroatoms. The molecule has 1 aromatic carbocycles. The third-order valence-electron chi connectivity index (χ3n) is 7.53. The maximum absolute atomic E-state index is 13.1. The summed E-state index contributed by atoms with van der Waals surface area (Å²) in [7, 11) is -3.88. The highest BCUT2D eigenvalue weighted by molar-refractivity contribution is 7.87. The van der Waals surface area contributed by atoms with Gasteiger partial charge >= 0.3 is 5.97 Å². The molecule has 7 nitrogen and oxygen atoms in total. The topological polar surface area (TPSA) is 90.0 Å². The third kappa shape index (κ3) is 3.90. The number of hydrogen-bond acceptors (Lipinski definition) is 4. The van der Waals surface area contributed by atoms with E-state index in [0.717, 1.165) is 11.5 Å². The molecule has 4 rings (SSSR count). The number of carbonyl (C=O) groups is 1. The maximum Gasteiger partial charge on any atom is 0.325 e. The van der Waals surface area contributed by atoms with Crippen LogP contribution in [0, 0.1) is 11.8 Å². The molecule has 0 bridgehead atoms. The lowest BCUT2D eigenvalue weighted by atomic mass is 9.86. The van der Waals surface area contributed by atoms with Crippen molar-refractivity contribution in [1.82, 2.24) is 13.9 Å². The van der Waals surface area contributed by atoms with Crippen LogP contribution in [0.15, 0.2) is 30.3 Å². The summed E-state index contributed by atoms with van der Waals surface area (Å²) in [5.41, 5.74) is -0.622. The second-order valence-corrected chi connectivity index (χ2v) is 11.0. The van der Waals surface area contributed by atoms with Gasteiger partial charge in [0, 0.05) is 38.1 Å². The summed E-state index contributed by atoms with van der Waals surface area (Å²) >= 11 is 0. The zero-order valence-corrected chi connectivity index (χ0v) is 18.6. The molecule has 30 heavy (non-hydrogen) atoms. The van der Waals surface area contributed by atoms with Crippen molar-refractivity contribution in [3.05, 3.63) is 35.9 Å². The van der Waals surface area contributed by atoms with E-state index in [4.69, 9.17) is 0 Å². The van der Waals surface area contributed by atoms with Crippen molar-refractivity contribution in [3.8, 4) is 0 Å². The largest absolute Gasteiger partial charge is 0.480 e. The average molecular weight is 436 g/mol. The van der Waals surface area contributed by atoms with Crippen molar-refractivity contribution in [3.63, 3.8) is 0 Å². The molecular weight excluding hydrogens is 402 g/mol. The minimum atomic E-state index is -3.88. The van der Waals surface area contributed by atoms with Gasteiger partial charge in [-0.25, -0.2) is 0 Å². The second kappa shape index (κ2) is 8.22. The Balaban J connectivity index is 1.42. The Bertz CT molecular complexity index is 862. The predicted octanol–water partition coefficient (Wildman–Crippen LogP) is 2.27. The van der Waals surface area contributed by atoms with E-state index >= 15 is 0 Å². The summed E-state index contributed by atoms with van der Waals surface area (Å²) < 4.78 is 30.3. The normalized spacial score (nSPS) is 35.8. The van der Waals surface area contributed by atoms with Crippen LogP contribution in [0.2, 0.25) is 0 Å². The number of nitrogens with zero attached hydrogens (tertiary/aromatic N) is 2. The van der Waals surface area contributed by atoms with Gasteiger partial charge in [0.2, 0.25) is 0 Å². The minimum Gasteiger partial charge on any atom is -0.480 e. The summed E-state index contributed by atoms with van der Waals surface area (Å²) in [6, 6.07) is 9.86. The van der Waals surface area contributed by atoms with Crippen LogP contribution >= 0.6 is 0 Å². The van der Waals surface area contributed by atoms with Crippen molar-refractivity contribution >= 4 is 16.2 Å². The summed E-state index contributed by atoms with van der Waals surface area (Å²) in [6.45, 7) is 6.32. The summed E-state index contributed by atoms with van der Waals surface area (Å²) in [4.78, 5) is 14.6. The average Bonchev–Trinajstić information content (AvgIpc) is 3.33. The molecule has 3 atom stereocenters. The highest BCUT2D eigenvalue weighted by Crippen LogP contribution is 2.57. The first-order chi connectivity index (χ1) is 14.3. The van der Waals surface area contributed by atoms with Gasteiger partial charge in [-0.3, -0.25) is 9.69 Å². The van der Waals surface area contributed by atoms with Gasteiger partial charge in [0.15, 0.2) is 0 Å². The molecule has 1 aliphatic heterocycles. The lowest BCUT2D eigenvalue weighted by molar-refractivity contribution is -0.140. The number of benzene rings is 1. The number of carboxylic acid groups (broad SMARTS) is 1. The number of nitrogens with one attached hydrogen (secondary N) is 1. The lowest BCUT2D eigenvalue weighted by Crippen LogP contribution is -2.58. The van der Waals surface area contributed by atoms with E-state index in [1.165, 1.54) is 30.0 Å². The van der Waals surface area contributed by atoms with E-state index in [9.17, 15) is 18.3 Å². The number of piperazine rings is 1. The zero-order valence-electron chi connectivity index (χ0n) is 17.8. The van der Waals surface area contributed by atoms with E-state index in [0.29, 0.717) is 32.2 Å². The van der Waals surface area contributed by atoms with Crippen LogP contribution in [0.1, 0.15) is 51.0 Å². The van der Waals surface area contributed by atoms with Crippen LogP contribution in [0.25, 0.3) is 0 Å². The zero-order chi connectivity index (χ0) is 21.5. The summed E-state index contributed by atoms with van der Waals surface area (Å²) in [5.74, 6) is -0.992. The van der Waals surface area contributed by atoms with Gasteiger partial charge in [-0.2, -0.15) is 17.4 Å². The molecule has 0 unspecified atom stereocenters. The standard InChI is InChI=1S/C22H33N3O4S/c1-16-8-10-19(11-9-16)24-12-14-25(15-13-24)30(28,29)23-22(21(26)27)17(2)20(22)18-6-4-3-5-7-18/h3-7,16-17,19-20,23H,8-15H2,1-2H3,(H,26,27)/t16?,17-,19?,20-,22+/m1/s1. The van der Waals surface area contributed by atoms with Gasteiger partial charge in [-0.1, -0.05) is 44.2 Å². The van der Waals surface area contributed by atoms with Crippen molar-refractivity contribution in [1.29, 1.82) is 0 Å². The molecule has 0 aromatic heterocycles. The molecule has 1 aromatic rings. The summed E-state index contributed by atoms with van der Waals surface area (Å²) in [6.07, 6.45) is 4.85. The molecule has 166 valence electrons. The van der Waals surface area contributed by atoms with Crippen molar-refractivity contribution in [2.45, 2.75) is 57.0 Å². The van der Waals surface area contributed by atoms with Gasteiger partial charge in [-0.15, -0.1) is 0 Å². The number of rotatable bonds is 6. The van der Waals surface area contributed by atoms with Gasteiger partial charge in [0.1, 0.15) is 5.54 Å². The quantitative estimate of drug-likeness (QED) is 0.716. The number of carboxylic acids is 1. The molecule has 2 saturated carbocycles. The molecule has 0 radical (unpaired) electrons. The van der Waals surface area contributed by atoms with E-state index in [1.807, 2.05) is 30.3 Å². The van der Waals surface area contributed by atoms with Gasteiger partial charge in [0.05, 0.1) is 0 Å². The Hall–Kier alpha value is -1.48. The van der Waals surface area contributed by atoms with Crippen LogP contribution in [0.4, 0.5) is 0 Å². The molecule has 0 amide bonds. The molecule has 1 saturated heterocycles. The Kier molecular flexibility index (Phi) is 5.96. The molecule has 3 aliphatic rings. The molecule has 0 spiro atoms. The van der Waals surface area contributed by atoms with Gasteiger partial charge in [0.25, 0.3) is 10.2 Å². The van der Waals surface area contributed by atoms with E-state index in [1.54, 1.807) is 6.92 Å². The minimum absolute atomic E-state index is 0.308. The molecule has 2 N–H and O–H groups in total. The third-order valence-corrected chi connectivity index (χ3v) is 9.17. The molecule has 3 fully saturated rings. The lowest BCUT2D eigenvalue weighted by Gasteiger charge is -2.41. The fourth-order valence-corrected chi connectivity index (χ4v) is 7.10. The van der Waals surface area contributed by atoms with E-state index in [-0.39, 0.29) is 11.8 Å². The Labute approximate surface area is 179 Å². The van der Waals surface area contributed by atoms with Crippen molar-refractivity contribution in [2.24, 2.45) is 11.8 Å².